The zero-order valence-corrected chi connectivity index (χ0v) is 16.2. The number of hydrogen-bond acceptors (Lipinski definition) is 5. The molecule has 0 spiro atoms. The van der Waals surface area contributed by atoms with Crippen LogP contribution in [0.2, 0.25) is 0 Å². The lowest BCUT2D eigenvalue weighted by molar-refractivity contribution is -0.137. The minimum atomic E-state index is -4.43. The molecule has 30 heavy (non-hydrogen) atoms. The maximum Gasteiger partial charge on any atom is 0.416 e. The summed E-state index contributed by atoms with van der Waals surface area (Å²) in [7, 11) is 0. The first-order valence-corrected chi connectivity index (χ1v) is 9.40. The molecule has 0 unspecified atom stereocenters. The van der Waals surface area contributed by atoms with Gasteiger partial charge in [0.15, 0.2) is 11.6 Å². The Balaban J connectivity index is 1.83. The molecule has 1 fully saturated rings. The molecule has 0 radical (unpaired) electrons. The molecule has 1 aromatic heterocycles. The van der Waals surface area contributed by atoms with Crippen molar-refractivity contribution >= 4 is 17.6 Å². The summed E-state index contributed by atoms with van der Waals surface area (Å²) in [6, 6.07) is 6.45. The molecule has 160 valence electrons. The number of nitrogens with two attached hydrogens (primary N) is 1. The summed E-state index contributed by atoms with van der Waals surface area (Å²) in [6.07, 6.45) is -3.15. The second kappa shape index (κ2) is 8.60. The van der Waals surface area contributed by atoms with E-state index in [1.54, 1.807) is 6.92 Å². The van der Waals surface area contributed by atoms with E-state index in [2.05, 4.69) is 10.3 Å². The minimum absolute atomic E-state index is 0.0800. The molecule has 0 saturated carbocycles. The van der Waals surface area contributed by atoms with Crippen LogP contribution in [0.25, 0.3) is 0 Å². The number of hydrogen-bond donors (Lipinski definition) is 2. The van der Waals surface area contributed by atoms with E-state index in [4.69, 9.17) is 10.5 Å². The zero-order chi connectivity index (χ0) is 21.9. The van der Waals surface area contributed by atoms with Crippen molar-refractivity contribution < 1.29 is 27.5 Å². The van der Waals surface area contributed by atoms with Crippen LogP contribution in [-0.4, -0.2) is 35.9 Å². The highest BCUT2D eigenvalue weighted by Crippen LogP contribution is 2.35. The average molecular weight is 422 g/mol. The number of amides is 2. The van der Waals surface area contributed by atoms with Crippen LogP contribution >= 0.6 is 0 Å². The Bertz CT molecular complexity index is 928. The van der Waals surface area contributed by atoms with Gasteiger partial charge in [-0.05, 0) is 49.2 Å². The highest BCUT2D eigenvalue weighted by Gasteiger charge is 2.30. The minimum Gasteiger partial charge on any atom is -0.453 e. The second-order valence-corrected chi connectivity index (χ2v) is 6.82. The predicted octanol–water partition coefficient (Wildman–Crippen LogP) is 3.10. The number of rotatable bonds is 7. The Labute approximate surface area is 171 Å². The molecule has 1 atom stereocenters. The van der Waals surface area contributed by atoms with Crippen molar-refractivity contribution in [3.63, 3.8) is 0 Å². The van der Waals surface area contributed by atoms with Gasteiger partial charge in [0.05, 0.1) is 5.56 Å². The third-order valence-electron chi connectivity index (χ3n) is 4.69. The fourth-order valence-corrected chi connectivity index (χ4v) is 2.84. The van der Waals surface area contributed by atoms with E-state index >= 15 is 0 Å². The third-order valence-corrected chi connectivity index (χ3v) is 4.69. The molecular formula is C20H21F3N4O3. The van der Waals surface area contributed by atoms with E-state index in [0.29, 0.717) is 31.1 Å². The lowest BCUT2D eigenvalue weighted by Gasteiger charge is -2.33. The number of nitrogens with zero attached hydrogens (tertiary/aromatic N) is 2. The predicted molar refractivity (Wildman–Crippen MR) is 103 cm³/mol. The number of primary amides is 1. The van der Waals surface area contributed by atoms with Crippen LogP contribution in [-0.2, 0) is 11.0 Å². The summed E-state index contributed by atoms with van der Waals surface area (Å²) in [4.78, 5) is 30.1. The average Bonchev–Trinajstić information content (AvgIpc) is 2.65. The van der Waals surface area contributed by atoms with Gasteiger partial charge in [0.1, 0.15) is 17.5 Å². The number of aromatic nitrogens is 1. The number of halogens is 3. The van der Waals surface area contributed by atoms with Gasteiger partial charge in [0.2, 0.25) is 5.91 Å². The SMILES string of the molecule is CC[C@@H](NC(=O)c1ccc(Oc2ccc(C(F)(F)F)cc2)c(N2CCC2)n1)C(N)=O. The van der Waals surface area contributed by atoms with Crippen LogP contribution in [0.1, 0.15) is 35.8 Å². The molecule has 0 bridgehead atoms. The van der Waals surface area contributed by atoms with Gasteiger partial charge in [-0.25, -0.2) is 4.98 Å². The number of carbonyl (C=O) groups excluding carboxylic acids is 2. The Morgan fingerprint density at radius 2 is 1.87 bits per heavy atom. The summed E-state index contributed by atoms with van der Waals surface area (Å²) in [5.41, 5.74) is 4.56. The third kappa shape index (κ3) is 4.81. The number of pyridine rings is 1. The van der Waals surface area contributed by atoms with Crippen molar-refractivity contribution in [1.29, 1.82) is 0 Å². The van der Waals surface area contributed by atoms with Crippen molar-refractivity contribution in [3.05, 3.63) is 47.7 Å². The molecule has 1 aliphatic heterocycles. The van der Waals surface area contributed by atoms with Gasteiger partial charge < -0.3 is 20.7 Å². The van der Waals surface area contributed by atoms with Gasteiger partial charge in [-0.2, -0.15) is 13.2 Å². The van der Waals surface area contributed by atoms with Crippen LogP contribution < -0.4 is 20.7 Å². The fraction of sp³-hybridized carbons (Fsp3) is 0.350. The largest absolute Gasteiger partial charge is 0.453 e. The van der Waals surface area contributed by atoms with Crippen molar-refractivity contribution in [1.82, 2.24) is 10.3 Å². The van der Waals surface area contributed by atoms with Crippen molar-refractivity contribution in [2.45, 2.75) is 32.0 Å². The molecule has 7 nitrogen and oxygen atoms in total. The molecule has 1 saturated heterocycles. The summed E-state index contributed by atoms with van der Waals surface area (Å²) >= 11 is 0. The van der Waals surface area contributed by atoms with Gasteiger partial charge in [0, 0.05) is 13.1 Å². The Hall–Kier alpha value is -3.30. The van der Waals surface area contributed by atoms with Gasteiger partial charge in [-0.15, -0.1) is 0 Å². The Morgan fingerprint density at radius 3 is 2.37 bits per heavy atom. The zero-order valence-electron chi connectivity index (χ0n) is 16.2. The Morgan fingerprint density at radius 1 is 1.20 bits per heavy atom. The highest BCUT2D eigenvalue weighted by molar-refractivity contribution is 5.96. The summed E-state index contributed by atoms with van der Waals surface area (Å²) in [6.45, 7) is 3.14. The topological polar surface area (TPSA) is 97.6 Å². The van der Waals surface area contributed by atoms with Crippen LogP contribution in [0.15, 0.2) is 36.4 Å². The highest BCUT2D eigenvalue weighted by atomic mass is 19.4. The standard InChI is InChI=1S/C20H21F3N4O3/c1-2-14(17(24)28)26-19(29)15-8-9-16(18(25-15)27-10-3-11-27)30-13-6-4-12(5-7-13)20(21,22)23/h4-9,14H,2-3,10-11H2,1H3,(H2,24,28)(H,26,29)/t14-/m1/s1. The fourth-order valence-electron chi connectivity index (χ4n) is 2.84. The van der Waals surface area contributed by atoms with Gasteiger partial charge >= 0.3 is 6.18 Å². The Kier molecular flexibility index (Phi) is 6.14. The molecule has 2 amide bonds. The first-order valence-electron chi connectivity index (χ1n) is 9.40. The lowest BCUT2D eigenvalue weighted by Crippen LogP contribution is -2.44. The van der Waals surface area contributed by atoms with E-state index in [1.165, 1.54) is 24.3 Å². The van der Waals surface area contributed by atoms with E-state index in [1.807, 2.05) is 4.90 Å². The maximum atomic E-state index is 12.7. The van der Waals surface area contributed by atoms with Gasteiger partial charge in [0.25, 0.3) is 5.91 Å². The molecule has 1 aliphatic rings. The smallest absolute Gasteiger partial charge is 0.416 e. The molecule has 3 N–H and O–H groups in total. The number of benzene rings is 1. The van der Waals surface area contributed by atoms with Crippen molar-refractivity contribution in [2.24, 2.45) is 5.73 Å². The summed E-state index contributed by atoms with van der Waals surface area (Å²) in [5, 5.41) is 2.53. The first kappa shape index (κ1) is 21.4. The summed E-state index contributed by atoms with van der Waals surface area (Å²) < 4.78 is 43.9. The quantitative estimate of drug-likeness (QED) is 0.715. The molecular weight excluding hydrogens is 401 g/mol. The number of ether oxygens (including phenoxy) is 1. The van der Waals surface area contributed by atoms with Crippen LogP contribution in [0.3, 0.4) is 0 Å². The molecule has 10 heteroatoms. The maximum absolute atomic E-state index is 12.7. The lowest BCUT2D eigenvalue weighted by atomic mass is 10.2. The van der Waals surface area contributed by atoms with E-state index in [9.17, 15) is 22.8 Å². The normalized spacial score (nSPS) is 14.6. The monoisotopic (exact) mass is 422 g/mol. The van der Waals surface area contributed by atoms with Gasteiger partial charge in [-0.1, -0.05) is 6.92 Å². The van der Waals surface area contributed by atoms with Crippen molar-refractivity contribution in [2.75, 3.05) is 18.0 Å². The van der Waals surface area contributed by atoms with Crippen LogP contribution in [0, 0.1) is 0 Å². The number of nitrogens with one attached hydrogen (secondary N) is 1. The molecule has 2 heterocycles. The number of anilines is 1. The molecule has 2 aromatic rings. The molecule has 3 rings (SSSR count). The second-order valence-electron chi connectivity index (χ2n) is 6.82. The van der Waals surface area contributed by atoms with Crippen molar-refractivity contribution in [3.8, 4) is 11.5 Å². The van der Waals surface area contributed by atoms with E-state index in [0.717, 1.165) is 18.6 Å². The van der Waals surface area contributed by atoms with E-state index in [-0.39, 0.29) is 11.4 Å². The molecule has 0 aliphatic carbocycles. The number of alkyl halides is 3. The first-order chi connectivity index (χ1) is 14.2. The summed E-state index contributed by atoms with van der Waals surface area (Å²) in [5.74, 6) is -0.267. The number of carbonyl (C=O) groups is 2. The van der Waals surface area contributed by atoms with Crippen LogP contribution in [0.4, 0.5) is 19.0 Å². The molecule has 1 aromatic carbocycles. The van der Waals surface area contributed by atoms with Crippen LogP contribution in [0.5, 0.6) is 11.5 Å². The van der Waals surface area contributed by atoms with Gasteiger partial charge in [-0.3, -0.25) is 9.59 Å². The van der Waals surface area contributed by atoms with E-state index < -0.39 is 29.6 Å².